The van der Waals surface area contributed by atoms with Gasteiger partial charge in [0.05, 0.1) is 19.1 Å². The molecule has 0 saturated carbocycles. The summed E-state index contributed by atoms with van der Waals surface area (Å²) >= 11 is 0. The number of alkyl carbamates (subject to hydrolysis) is 1. The van der Waals surface area contributed by atoms with Crippen molar-refractivity contribution in [2.45, 2.75) is 91.8 Å². The molecule has 7 nitrogen and oxygen atoms in total. The summed E-state index contributed by atoms with van der Waals surface area (Å²) in [5.74, 6) is -0.0387. The second kappa shape index (κ2) is 9.44. The second-order valence-corrected chi connectivity index (χ2v) is 9.53. The van der Waals surface area contributed by atoms with E-state index in [0.717, 1.165) is 0 Å². The third-order valence-electron chi connectivity index (χ3n) is 6.09. The zero-order chi connectivity index (χ0) is 21.8. The van der Waals surface area contributed by atoms with Crippen LogP contribution in [0.15, 0.2) is 0 Å². The van der Waals surface area contributed by atoms with Crippen LogP contribution in [0.4, 0.5) is 4.79 Å². The quantitative estimate of drug-likeness (QED) is 0.492. The maximum absolute atomic E-state index is 12.3. The van der Waals surface area contributed by atoms with Crippen LogP contribution in [-0.4, -0.2) is 54.6 Å². The minimum absolute atomic E-state index is 0.134. The Balaban J connectivity index is 2.47. The maximum atomic E-state index is 12.3. The second-order valence-electron chi connectivity index (χ2n) is 9.53. The molecule has 1 aliphatic rings. The summed E-state index contributed by atoms with van der Waals surface area (Å²) in [6, 6.07) is 0. The van der Waals surface area contributed by atoms with Crippen molar-refractivity contribution in [2.75, 3.05) is 20.3 Å². The first-order chi connectivity index (χ1) is 12.8. The van der Waals surface area contributed by atoms with Gasteiger partial charge in [-0.3, -0.25) is 4.79 Å². The van der Waals surface area contributed by atoms with E-state index in [4.69, 9.17) is 14.3 Å². The Morgan fingerprint density at radius 1 is 1.18 bits per heavy atom. The first-order valence-corrected chi connectivity index (χ1v) is 10.3. The summed E-state index contributed by atoms with van der Waals surface area (Å²) in [5, 5.41) is 4.65. The lowest BCUT2D eigenvalue weighted by atomic mass is 9.77. The first kappa shape index (κ1) is 24.7. The van der Waals surface area contributed by atoms with Crippen LogP contribution >= 0.6 is 0 Å². The van der Waals surface area contributed by atoms with Crippen molar-refractivity contribution in [1.82, 2.24) is 10.4 Å². The van der Waals surface area contributed by atoms with Crippen LogP contribution in [0.1, 0.15) is 74.7 Å². The van der Waals surface area contributed by atoms with Gasteiger partial charge in [-0.25, -0.2) is 4.79 Å². The highest BCUT2D eigenvalue weighted by molar-refractivity contribution is 5.76. The molecule has 0 radical (unpaired) electrons. The molecule has 0 aromatic heterocycles. The molecular formula is C21H40N2O5. The third-order valence-corrected chi connectivity index (χ3v) is 6.09. The number of esters is 1. The predicted octanol–water partition coefficient (Wildman–Crippen LogP) is 3.91. The molecule has 164 valence electrons. The highest BCUT2D eigenvalue weighted by atomic mass is 16.7. The highest BCUT2D eigenvalue weighted by Gasteiger charge is 2.47. The minimum atomic E-state index is -0.507. The largest absolute Gasteiger partial charge is 0.463 e. The van der Waals surface area contributed by atoms with Crippen LogP contribution in [0.5, 0.6) is 0 Å². The van der Waals surface area contributed by atoms with E-state index in [0.29, 0.717) is 19.3 Å². The maximum Gasteiger partial charge on any atom is 0.407 e. The van der Waals surface area contributed by atoms with Gasteiger partial charge < -0.3 is 19.6 Å². The summed E-state index contributed by atoms with van der Waals surface area (Å²) in [6.45, 7) is 16.6. The Kier molecular flexibility index (Phi) is 8.33. The number of piperidine rings is 1. The average Bonchev–Trinajstić information content (AvgIpc) is 2.55. The van der Waals surface area contributed by atoms with E-state index in [1.807, 2.05) is 32.8 Å². The number of amides is 1. The van der Waals surface area contributed by atoms with E-state index >= 15 is 0 Å². The summed E-state index contributed by atoms with van der Waals surface area (Å²) < 4.78 is 11.0. The van der Waals surface area contributed by atoms with E-state index in [2.05, 4.69) is 33.0 Å². The Morgan fingerprint density at radius 2 is 1.71 bits per heavy atom. The molecule has 1 fully saturated rings. The van der Waals surface area contributed by atoms with Crippen LogP contribution in [0.2, 0.25) is 0 Å². The number of ether oxygens (including phenoxy) is 2. The number of hydrogen-bond donors (Lipinski definition) is 1. The Bertz CT molecular complexity index is 529. The summed E-state index contributed by atoms with van der Waals surface area (Å²) in [5.41, 5.74) is -1.01. The average molecular weight is 401 g/mol. The van der Waals surface area contributed by atoms with Crippen molar-refractivity contribution in [1.29, 1.82) is 0 Å². The molecule has 0 aliphatic carbocycles. The van der Waals surface area contributed by atoms with Gasteiger partial charge in [-0.1, -0.05) is 20.8 Å². The molecule has 1 aliphatic heterocycles. The molecular weight excluding hydrogens is 360 g/mol. The van der Waals surface area contributed by atoms with Gasteiger partial charge in [0, 0.05) is 23.9 Å². The molecule has 0 aromatic rings. The van der Waals surface area contributed by atoms with Crippen LogP contribution in [0.25, 0.3) is 0 Å². The number of carbonyl (C=O) groups excluding carboxylic acids is 2. The Morgan fingerprint density at radius 3 is 2.14 bits per heavy atom. The van der Waals surface area contributed by atoms with Crippen molar-refractivity contribution in [3.05, 3.63) is 0 Å². The van der Waals surface area contributed by atoms with Crippen molar-refractivity contribution in [2.24, 2.45) is 11.3 Å². The van der Waals surface area contributed by atoms with Crippen LogP contribution in [0, 0.1) is 11.3 Å². The van der Waals surface area contributed by atoms with Gasteiger partial charge >= 0.3 is 12.1 Å². The van der Waals surface area contributed by atoms with Gasteiger partial charge in [-0.05, 0) is 47.0 Å². The van der Waals surface area contributed by atoms with Crippen LogP contribution < -0.4 is 5.32 Å². The molecule has 0 bridgehead atoms. The highest BCUT2D eigenvalue weighted by Crippen LogP contribution is 2.39. The lowest BCUT2D eigenvalue weighted by molar-refractivity contribution is -0.276. The van der Waals surface area contributed by atoms with Crippen LogP contribution in [-0.2, 0) is 19.1 Å². The molecule has 28 heavy (non-hydrogen) atoms. The first-order valence-electron chi connectivity index (χ1n) is 10.3. The topological polar surface area (TPSA) is 77.1 Å². The Labute approximate surface area is 170 Å². The summed E-state index contributed by atoms with van der Waals surface area (Å²) in [6.07, 6.45) is 1.38. The molecule has 7 heteroatoms. The zero-order valence-electron chi connectivity index (χ0n) is 19.2. The molecule has 1 heterocycles. The van der Waals surface area contributed by atoms with Crippen molar-refractivity contribution >= 4 is 12.1 Å². The normalized spacial score (nSPS) is 21.8. The number of nitrogens with zero attached hydrogens (tertiary/aromatic N) is 1. The zero-order valence-corrected chi connectivity index (χ0v) is 19.2. The molecule has 1 saturated heterocycles. The SMILES string of the molecule is CCC(C)(C(=O)OCCNC(=O)OC1CC(C)(C)N(OC)C(C)(C)C1)C(C)C. The van der Waals surface area contributed by atoms with Gasteiger partial charge in [0.2, 0.25) is 0 Å². The van der Waals surface area contributed by atoms with Gasteiger partial charge in [0.1, 0.15) is 12.7 Å². The number of carbonyl (C=O) groups is 2. The number of rotatable bonds is 8. The van der Waals surface area contributed by atoms with Gasteiger partial charge in [-0.15, -0.1) is 0 Å². The fourth-order valence-electron chi connectivity index (χ4n) is 4.19. The number of hydroxylamine groups is 2. The minimum Gasteiger partial charge on any atom is -0.463 e. The molecule has 1 rings (SSSR count). The molecule has 1 atom stereocenters. The predicted molar refractivity (Wildman–Crippen MR) is 109 cm³/mol. The number of nitrogens with one attached hydrogen (secondary N) is 1. The fourth-order valence-corrected chi connectivity index (χ4v) is 4.19. The molecule has 0 aromatic carbocycles. The Hall–Kier alpha value is -1.34. The van der Waals surface area contributed by atoms with Crippen LogP contribution in [0.3, 0.4) is 0 Å². The van der Waals surface area contributed by atoms with E-state index in [9.17, 15) is 9.59 Å². The molecule has 1 unspecified atom stereocenters. The van der Waals surface area contributed by atoms with Gasteiger partial charge in [-0.2, -0.15) is 5.06 Å². The lowest BCUT2D eigenvalue weighted by Crippen LogP contribution is -2.61. The van der Waals surface area contributed by atoms with Gasteiger partial charge in [0.15, 0.2) is 0 Å². The third kappa shape index (κ3) is 5.83. The summed E-state index contributed by atoms with van der Waals surface area (Å²) in [4.78, 5) is 30.0. The monoisotopic (exact) mass is 400 g/mol. The summed E-state index contributed by atoms with van der Waals surface area (Å²) in [7, 11) is 1.67. The van der Waals surface area contributed by atoms with Gasteiger partial charge in [0.25, 0.3) is 0 Å². The smallest absolute Gasteiger partial charge is 0.407 e. The molecule has 0 spiro atoms. The molecule has 1 amide bonds. The fraction of sp³-hybridized carbons (Fsp3) is 0.905. The number of hydrogen-bond acceptors (Lipinski definition) is 6. The lowest BCUT2D eigenvalue weighted by Gasteiger charge is -2.52. The van der Waals surface area contributed by atoms with Crippen molar-refractivity contribution in [3.63, 3.8) is 0 Å². The standard InChI is InChI=1S/C21H40N2O5/c1-10-21(8,15(2)3)17(24)27-12-11-22-18(25)28-16-13-19(4,5)23(26-9)20(6,7)14-16/h15-16H,10-14H2,1-9H3,(H,22,25). The van der Waals surface area contributed by atoms with E-state index < -0.39 is 11.5 Å². The van der Waals surface area contributed by atoms with E-state index in [-0.39, 0.29) is 42.2 Å². The van der Waals surface area contributed by atoms with E-state index in [1.54, 1.807) is 7.11 Å². The van der Waals surface area contributed by atoms with Crippen molar-refractivity contribution in [3.8, 4) is 0 Å². The van der Waals surface area contributed by atoms with E-state index in [1.165, 1.54) is 0 Å². The van der Waals surface area contributed by atoms with Crippen molar-refractivity contribution < 1.29 is 23.9 Å². The molecule has 1 N–H and O–H groups in total.